The number of thiophene rings is 1. The summed E-state index contributed by atoms with van der Waals surface area (Å²) in [5.74, 6) is 6.72. The van der Waals surface area contributed by atoms with Crippen molar-refractivity contribution in [3.05, 3.63) is 35.3 Å². The molecule has 0 aliphatic carbocycles. The Bertz CT molecular complexity index is 707. The second-order valence-corrected chi connectivity index (χ2v) is 4.74. The van der Waals surface area contributed by atoms with Crippen LogP contribution in [0.15, 0.2) is 29.8 Å². The highest BCUT2D eigenvalue weighted by atomic mass is 32.1. The summed E-state index contributed by atoms with van der Waals surface area (Å²) in [6.07, 6.45) is 1.74. The number of anilines is 1. The number of hydrazine groups is 1. The SMILES string of the molecule is Cc1cccnc1-c1nc(NN)c2ccsc2n1. The van der Waals surface area contributed by atoms with Gasteiger partial charge in [0, 0.05) is 6.20 Å². The largest absolute Gasteiger partial charge is 0.308 e. The van der Waals surface area contributed by atoms with Gasteiger partial charge in [0.15, 0.2) is 11.6 Å². The van der Waals surface area contributed by atoms with Gasteiger partial charge in [0.2, 0.25) is 0 Å². The Morgan fingerprint density at radius 2 is 2.17 bits per heavy atom. The van der Waals surface area contributed by atoms with Crippen LogP contribution in [0.5, 0.6) is 0 Å². The predicted molar refractivity (Wildman–Crippen MR) is 73.2 cm³/mol. The maximum absolute atomic E-state index is 5.50. The van der Waals surface area contributed by atoms with Crippen molar-refractivity contribution in [1.82, 2.24) is 15.0 Å². The second kappa shape index (κ2) is 4.32. The van der Waals surface area contributed by atoms with E-state index in [0.717, 1.165) is 21.5 Å². The minimum atomic E-state index is 0.594. The molecule has 3 aromatic rings. The number of nitrogens with two attached hydrogens (primary N) is 1. The molecule has 0 aliphatic rings. The van der Waals surface area contributed by atoms with Crippen molar-refractivity contribution in [3.63, 3.8) is 0 Å². The molecule has 3 heterocycles. The lowest BCUT2D eigenvalue weighted by Crippen LogP contribution is -2.10. The zero-order valence-electron chi connectivity index (χ0n) is 9.71. The first kappa shape index (κ1) is 11.1. The summed E-state index contributed by atoms with van der Waals surface area (Å²) in [7, 11) is 0. The molecule has 6 heteroatoms. The fourth-order valence-corrected chi connectivity index (χ4v) is 2.55. The zero-order valence-corrected chi connectivity index (χ0v) is 10.5. The molecule has 0 bridgehead atoms. The van der Waals surface area contributed by atoms with Gasteiger partial charge in [-0.15, -0.1) is 11.3 Å². The number of aromatic nitrogens is 3. The number of hydrogen-bond donors (Lipinski definition) is 2. The molecule has 18 heavy (non-hydrogen) atoms. The number of nitrogens with one attached hydrogen (secondary N) is 1. The molecule has 3 rings (SSSR count). The maximum Gasteiger partial charge on any atom is 0.181 e. The molecular weight excluding hydrogens is 246 g/mol. The molecule has 90 valence electrons. The van der Waals surface area contributed by atoms with Crippen LogP contribution in [0.3, 0.4) is 0 Å². The van der Waals surface area contributed by atoms with Gasteiger partial charge in [-0.05, 0) is 30.0 Å². The summed E-state index contributed by atoms with van der Waals surface area (Å²) >= 11 is 1.56. The fourth-order valence-electron chi connectivity index (χ4n) is 1.79. The van der Waals surface area contributed by atoms with Crippen LogP contribution in [0.1, 0.15) is 5.56 Å². The number of rotatable bonds is 2. The van der Waals surface area contributed by atoms with Crippen LogP contribution in [0.2, 0.25) is 0 Å². The van der Waals surface area contributed by atoms with E-state index in [-0.39, 0.29) is 0 Å². The summed E-state index contributed by atoms with van der Waals surface area (Å²) in [6.45, 7) is 1.99. The Balaban J connectivity index is 2.27. The predicted octanol–water partition coefficient (Wildman–Crippen LogP) is 2.35. The lowest BCUT2D eigenvalue weighted by molar-refractivity contribution is 1.14. The standard InChI is InChI=1S/C12H11N5S/c1-7-3-2-5-14-9(7)11-15-10(17-13)8-4-6-18-12(8)16-11/h2-6H,13H2,1H3,(H,15,16,17). The van der Waals surface area contributed by atoms with Gasteiger partial charge in [-0.2, -0.15) is 0 Å². The molecule has 0 saturated carbocycles. The molecular formula is C12H11N5S. The number of aryl methyl sites for hydroxylation is 1. The third kappa shape index (κ3) is 1.71. The van der Waals surface area contributed by atoms with E-state index in [1.807, 2.05) is 30.5 Å². The van der Waals surface area contributed by atoms with Crippen LogP contribution in [0.4, 0.5) is 5.82 Å². The number of nitrogen functional groups attached to an aromatic ring is 1. The van der Waals surface area contributed by atoms with Crippen LogP contribution in [0, 0.1) is 6.92 Å². The Kier molecular flexibility index (Phi) is 2.66. The van der Waals surface area contributed by atoms with E-state index in [2.05, 4.69) is 20.4 Å². The van der Waals surface area contributed by atoms with E-state index in [0.29, 0.717) is 11.6 Å². The van der Waals surface area contributed by atoms with Gasteiger partial charge in [0.05, 0.1) is 5.39 Å². The van der Waals surface area contributed by atoms with Crippen molar-refractivity contribution >= 4 is 27.4 Å². The van der Waals surface area contributed by atoms with Gasteiger partial charge in [0.25, 0.3) is 0 Å². The summed E-state index contributed by atoms with van der Waals surface area (Å²) < 4.78 is 0. The molecule has 0 aromatic carbocycles. The normalized spacial score (nSPS) is 10.8. The molecule has 0 spiro atoms. The zero-order chi connectivity index (χ0) is 12.5. The average molecular weight is 257 g/mol. The maximum atomic E-state index is 5.50. The molecule has 3 aromatic heterocycles. The monoisotopic (exact) mass is 257 g/mol. The quantitative estimate of drug-likeness (QED) is 0.544. The van der Waals surface area contributed by atoms with E-state index in [9.17, 15) is 0 Å². The Hall–Kier alpha value is -2.05. The van der Waals surface area contributed by atoms with E-state index in [4.69, 9.17) is 5.84 Å². The topological polar surface area (TPSA) is 76.7 Å². The molecule has 0 unspecified atom stereocenters. The summed E-state index contributed by atoms with van der Waals surface area (Å²) in [4.78, 5) is 14.2. The molecule has 3 N–H and O–H groups in total. The van der Waals surface area contributed by atoms with Gasteiger partial charge < -0.3 is 5.43 Å². The Morgan fingerprint density at radius 3 is 2.94 bits per heavy atom. The van der Waals surface area contributed by atoms with E-state index >= 15 is 0 Å². The Morgan fingerprint density at radius 1 is 1.28 bits per heavy atom. The number of fused-ring (bicyclic) bond motifs is 1. The lowest BCUT2D eigenvalue weighted by atomic mass is 10.2. The third-order valence-corrected chi connectivity index (χ3v) is 3.49. The van der Waals surface area contributed by atoms with Crippen LogP contribution >= 0.6 is 11.3 Å². The minimum Gasteiger partial charge on any atom is -0.308 e. The van der Waals surface area contributed by atoms with Crippen LogP contribution in [-0.4, -0.2) is 15.0 Å². The molecule has 5 nitrogen and oxygen atoms in total. The number of hydrogen-bond acceptors (Lipinski definition) is 6. The minimum absolute atomic E-state index is 0.594. The van der Waals surface area contributed by atoms with E-state index < -0.39 is 0 Å². The van der Waals surface area contributed by atoms with Crippen molar-refractivity contribution < 1.29 is 0 Å². The smallest absolute Gasteiger partial charge is 0.181 e. The first-order chi connectivity index (χ1) is 8.79. The van der Waals surface area contributed by atoms with Crippen molar-refractivity contribution in [2.24, 2.45) is 5.84 Å². The fraction of sp³-hybridized carbons (Fsp3) is 0.0833. The van der Waals surface area contributed by atoms with Crippen molar-refractivity contribution in [2.75, 3.05) is 5.43 Å². The van der Waals surface area contributed by atoms with E-state index in [1.165, 1.54) is 0 Å². The highest BCUT2D eigenvalue weighted by Gasteiger charge is 2.11. The molecule has 0 aliphatic heterocycles. The van der Waals surface area contributed by atoms with Crippen molar-refractivity contribution in [3.8, 4) is 11.5 Å². The molecule has 0 radical (unpaired) electrons. The van der Waals surface area contributed by atoms with Gasteiger partial charge in [-0.25, -0.2) is 15.8 Å². The van der Waals surface area contributed by atoms with Crippen LogP contribution in [0.25, 0.3) is 21.7 Å². The highest BCUT2D eigenvalue weighted by molar-refractivity contribution is 7.16. The van der Waals surface area contributed by atoms with Crippen molar-refractivity contribution in [2.45, 2.75) is 6.92 Å². The second-order valence-electron chi connectivity index (χ2n) is 3.85. The van der Waals surface area contributed by atoms with Gasteiger partial charge in [-0.3, -0.25) is 4.98 Å². The average Bonchev–Trinajstić information content (AvgIpc) is 2.86. The highest BCUT2D eigenvalue weighted by Crippen LogP contribution is 2.28. The van der Waals surface area contributed by atoms with Crippen molar-refractivity contribution in [1.29, 1.82) is 0 Å². The van der Waals surface area contributed by atoms with Gasteiger partial charge >= 0.3 is 0 Å². The van der Waals surface area contributed by atoms with Gasteiger partial charge in [-0.1, -0.05) is 6.07 Å². The molecule has 0 fully saturated rings. The first-order valence-electron chi connectivity index (χ1n) is 5.43. The lowest BCUT2D eigenvalue weighted by Gasteiger charge is -2.06. The number of pyridine rings is 1. The third-order valence-electron chi connectivity index (χ3n) is 2.68. The summed E-state index contributed by atoms with van der Waals surface area (Å²) in [5.41, 5.74) is 4.43. The van der Waals surface area contributed by atoms with Crippen LogP contribution in [-0.2, 0) is 0 Å². The van der Waals surface area contributed by atoms with Gasteiger partial charge in [0.1, 0.15) is 10.5 Å². The molecule has 0 atom stereocenters. The Labute approximate surface area is 108 Å². The summed E-state index contributed by atoms with van der Waals surface area (Å²) in [6, 6.07) is 5.83. The van der Waals surface area contributed by atoms with E-state index in [1.54, 1.807) is 17.5 Å². The molecule has 0 amide bonds. The first-order valence-corrected chi connectivity index (χ1v) is 6.31. The van der Waals surface area contributed by atoms with Crippen LogP contribution < -0.4 is 11.3 Å². The number of nitrogens with zero attached hydrogens (tertiary/aromatic N) is 3. The summed E-state index contributed by atoms with van der Waals surface area (Å²) in [5, 5.41) is 2.90. The molecule has 0 saturated heterocycles.